The summed E-state index contributed by atoms with van der Waals surface area (Å²) in [5.74, 6) is -0.163. The summed E-state index contributed by atoms with van der Waals surface area (Å²) in [4.78, 5) is 28.7. The number of carbonyl (C=O) groups excluding carboxylic acids is 1. The van der Waals surface area contributed by atoms with Crippen LogP contribution in [0.4, 0.5) is 17.1 Å². The Hall–Kier alpha value is -2.42. The smallest absolute Gasteiger partial charge is 0.292 e. The van der Waals surface area contributed by atoms with Crippen molar-refractivity contribution in [1.82, 2.24) is 10.2 Å². The second-order valence-corrected chi connectivity index (χ2v) is 7.32. The Morgan fingerprint density at radius 3 is 2.33 bits per heavy atom. The molecule has 1 aromatic rings. The maximum atomic E-state index is 11.5. The zero-order valence-electron chi connectivity index (χ0n) is 15.5. The lowest BCUT2D eigenvalue weighted by Gasteiger charge is -2.37. The Labute approximate surface area is 164 Å². The molecule has 146 valence electrons. The molecule has 2 aliphatic rings. The van der Waals surface area contributed by atoms with Crippen LogP contribution in [0.1, 0.15) is 26.2 Å². The van der Waals surface area contributed by atoms with E-state index in [2.05, 4.69) is 15.1 Å². The average molecular weight is 391 g/mol. The van der Waals surface area contributed by atoms with Crippen LogP contribution in [0.25, 0.3) is 0 Å². The molecular formula is C18H25N5O3S. The first kappa shape index (κ1) is 19.3. The average Bonchev–Trinajstić information content (AvgIpc) is 2.67. The number of thiocarbonyl (C=S) groups is 1. The normalized spacial score (nSPS) is 17.6. The van der Waals surface area contributed by atoms with Gasteiger partial charge in [-0.05, 0) is 43.6 Å². The highest BCUT2D eigenvalue weighted by atomic mass is 32.1. The molecule has 0 unspecified atom stereocenters. The van der Waals surface area contributed by atoms with Crippen LogP contribution in [-0.4, -0.2) is 60.1 Å². The Morgan fingerprint density at radius 1 is 1.07 bits per heavy atom. The third-order valence-corrected chi connectivity index (χ3v) is 5.43. The lowest BCUT2D eigenvalue weighted by Crippen LogP contribution is -2.52. The molecule has 2 aliphatic heterocycles. The summed E-state index contributed by atoms with van der Waals surface area (Å²) in [5.41, 5.74) is 1.88. The Kier molecular flexibility index (Phi) is 6.10. The topological polar surface area (TPSA) is 82.0 Å². The molecule has 9 heteroatoms. The number of rotatable bonds is 3. The van der Waals surface area contributed by atoms with Gasteiger partial charge in [-0.1, -0.05) is 0 Å². The molecule has 0 radical (unpaired) electrons. The van der Waals surface area contributed by atoms with Gasteiger partial charge in [0.1, 0.15) is 5.69 Å². The van der Waals surface area contributed by atoms with Crippen LogP contribution in [0, 0.1) is 10.1 Å². The molecule has 0 spiro atoms. The Balaban J connectivity index is 1.73. The second-order valence-electron chi connectivity index (χ2n) is 6.94. The SMILES string of the molecule is CC(=O)NC(=S)N1CCN(c2ccc([N+](=O)[O-])c(N3CCCCC3)c2)CC1. The molecule has 2 saturated heterocycles. The summed E-state index contributed by atoms with van der Waals surface area (Å²) < 4.78 is 0. The van der Waals surface area contributed by atoms with Gasteiger partial charge in [0.05, 0.1) is 4.92 Å². The number of amides is 1. The van der Waals surface area contributed by atoms with Crippen LogP contribution < -0.4 is 15.1 Å². The number of hydrogen-bond donors (Lipinski definition) is 1. The molecule has 1 amide bonds. The van der Waals surface area contributed by atoms with Gasteiger partial charge in [-0.15, -0.1) is 0 Å². The first-order chi connectivity index (χ1) is 13.0. The number of piperidine rings is 1. The lowest BCUT2D eigenvalue weighted by atomic mass is 10.1. The predicted molar refractivity (Wildman–Crippen MR) is 109 cm³/mol. The van der Waals surface area contributed by atoms with Gasteiger partial charge in [-0.3, -0.25) is 14.9 Å². The molecule has 2 heterocycles. The highest BCUT2D eigenvalue weighted by Crippen LogP contribution is 2.34. The van der Waals surface area contributed by atoms with E-state index >= 15 is 0 Å². The molecule has 0 aromatic heterocycles. The van der Waals surface area contributed by atoms with E-state index in [1.54, 1.807) is 6.07 Å². The van der Waals surface area contributed by atoms with E-state index in [4.69, 9.17) is 12.2 Å². The van der Waals surface area contributed by atoms with Crippen LogP contribution in [0.2, 0.25) is 0 Å². The highest BCUT2D eigenvalue weighted by Gasteiger charge is 2.25. The minimum absolute atomic E-state index is 0.163. The number of nitrogens with one attached hydrogen (secondary N) is 1. The molecular weight excluding hydrogens is 366 g/mol. The van der Waals surface area contributed by atoms with Crippen molar-refractivity contribution in [2.24, 2.45) is 0 Å². The van der Waals surface area contributed by atoms with Crippen molar-refractivity contribution in [2.75, 3.05) is 49.1 Å². The summed E-state index contributed by atoms with van der Waals surface area (Å²) in [6, 6.07) is 5.40. The van der Waals surface area contributed by atoms with Crippen molar-refractivity contribution in [3.63, 3.8) is 0 Å². The highest BCUT2D eigenvalue weighted by molar-refractivity contribution is 7.80. The summed E-state index contributed by atoms with van der Waals surface area (Å²) in [6.07, 6.45) is 3.32. The standard InChI is InChI=1S/C18H25N5O3S/c1-14(24)19-18(27)22-11-9-20(10-12-22)15-5-6-16(23(25)26)17(13-15)21-7-3-2-4-8-21/h5-6,13H,2-4,7-12H2,1H3,(H,19,24,27). The lowest BCUT2D eigenvalue weighted by molar-refractivity contribution is -0.384. The van der Waals surface area contributed by atoms with Crippen LogP contribution >= 0.6 is 12.2 Å². The summed E-state index contributed by atoms with van der Waals surface area (Å²) in [6.45, 7) is 6.08. The number of hydrogen-bond acceptors (Lipinski definition) is 6. The van der Waals surface area contributed by atoms with Gasteiger partial charge in [-0.25, -0.2) is 0 Å². The summed E-state index contributed by atoms with van der Waals surface area (Å²) in [7, 11) is 0. The van der Waals surface area contributed by atoms with E-state index in [0.29, 0.717) is 23.9 Å². The molecule has 0 saturated carbocycles. The van der Waals surface area contributed by atoms with Crippen LogP contribution in [0.15, 0.2) is 18.2 Å². The molecule has 2 fully saturated rings. The van der Waals surface area contributed by atoms with Crippen molar-refractivity contribution in [3.8, 4) is 0 Å². The number of nitro groups is 1. The number of nitrogens with zero attached hydrogens (tertiary/aromatic N) is 4. The minimum Gasteiger partial charge on any atom is -0.368 e. The van der Waals surface area contributed by atoms with E-state index < -0.39 is 0 Å². The fraction of sp³-hybridized carbons (Fsp3) is 0.556. The van der Waals surface area contributed by atoms with E-state index in [0.717, 1.165) is 44.7 Å². The van der Waals surface area contributed by atoms with E-state index in [1.807, 2.05) is 17.0 Å². The predicted octanol–water partition coefficient (Wildman–Crippen LogP) is 2.13. The van der Waals surface area contributed by atoms with Crippen LogP contribution in [-0.2, 0) is 4.79 Å². The minimum atomic E-state index is -0.294. The van der Waals surface area contributed by atoms with Gasteiger partial charge >= 0.3 is 0 Å². The Morgan fingerprint density at radius 2 is 1.74 bits per heavy atom. The van der Waals surface area contributed by atoms with Gasteiger partial charge in [-0.2, -0.15) is 0 Å². The number of piperazine rings is 1. The van der Waals surface area contributed by atoms with Crippen molar-refractivity contribution >= 4 is 40.3 Å². The molecule has 0 aliphatic carbocycles. The van der Waals surface area contributed by atoms with Gasteiger partial charge in [0.15, 0.2) is 5.11 Å². The zero-order valence-corrected chi connectivity index (χ0v) is 16.3. The number of anilines is 2. The number of benzene rings is 1. The monoisotopic (exact) mass is 391 g/mol. The maximum Gasteiger partial charge on any atom is 0.292 e. The van der Waals surface area contributed by atoms with Crippen molar-refractivity contribution in [2.45, 2.75) is 26.2 Å². The van der Waals surface area contributed by atoms with Crippen molar-refractivity contribution < 1.29 is 9.72 Å². The summed E-state index contributed by atoms with van der Waals surface area (Å²) in [5, 5.41) is 14.6. The van der Waals surface area contributed by atoms with Gasteiger partial charge in [0, 0.05) is 57.9 Å². The largest absolute Gasteiger partial charge is 0.368 e. The zero-order chi connectivity index (χ0) is 19.4. The first-order valence-electron chi connectivity index (χ1n) is 9.30. The quantitative estimate of drug-likeness (QED) is 0.480. The van der Waals surface area contributed by atoms with E-state index in [1.165, 1.54) is 13.3 Å². The number of nitro benzene ring substituents is 1. The van der Waals surface area contributed by atoms with E-state index in [9.17, 15) is 14.9 Å². The fourth-order valence-electron chi connectivity index (χ4n) is 3.65. The molecule has 27 heavy (non-hydrogen) atoms. The fourth-order valence-corrected chi connectivity index (χ4v) is 3.97. The number of carbonyl (C=O) groups is 1. The van der Waals surface area contributed by atoms with Crippen LogP contribution in [0.3, 0.4) is 0 Å². The molecule has 0 atom stereocenters. The van der Waals surface area contributed by atoms with E-state index in [-0.39, 0.29) is 16.5 Å². The third-order valence-electron chi connectivity index (χ3n) is 5.07. The van der Waals surface area contributed by atoms with Gasteiger partial charge in [0.25, 0.3) is 5.69 Å². The summed E-state index contributed by atoms with van der Waals surface area (Å²) >= 11 is 5.25. The first-order valence-corrected chi connectivity index (χ1v) is 9.71. The van der Waals surface area contributed by atoms with Gasteiger partial charge < -0.3 is 20.0 Å². The molecule has 0 bridgehead atoms. The van der Waals surface area contributed by atoms with Crippen molar-refractivity contribution in [1.29, 1.82) is 0 Å². The second kappa shape index (κ2) is 8.51. The molecule has 8 nitrogen and oxygen atoms in total. The Bertz CT molecular complexity index is 728. The van der Waals surface area contributed by atoms with Crippen LogP contribution in [0.5, 0.6) is 0 Å². The maximum absolute atomic E-state index is 11.5. The van der Waals surface area contributed by atoms with Crippen molar-refractivity contribution in [3.05, 3.63) is 28.3 Å². The molecule has 1 N–H and O–H groups in total. The third kappa shape index (κ3) is 4.65. The molecule has 1 aromatic carbocycles. The van der Waals surface area contributed by atoms with Gasteiger partial charge in [0.2, 0.25) is 5.91 Å². The molecule has 3 rings (SSSR count).